The van der Waals surface area contributed by atoms with Gasteiger partial charge in [0.25, 0.3) is 0 Å². The number of benzene rings is 2. The van der Waals surface area contributed by atoms with Crippen molar-refractivity contribution in [3.8, 4) is 0 Å². The lowest BCUT2D eigenvalue weighted by Crippen LogP contribution is -2.11. The molecular formula is C14H11Cl3N2O. The molecule has 0 aromatic heterocycles. The molecule has 0 saturated heterocycles. The van der Waals surface area contributed by atoms with Gasteiger partial charge in [0.15, 0.2) is 0 Å². The molecule has 6 heteroatoms. The molecule has 2 aromatic rings. The fourth-order valence-electron chi connectivity index (χ4n) is 1.67. The fourth-order valence-corrected chi connectivity index (χ4v) is 2.33. The molecular weight excluding hydrogens is 319 g/mol. The van der Waals surface area contributed by atoms with Crippen LogP contribution >= 0.6 is 34.8 Å². The average Bonchev–Trinajstić information content (AvgIpc) is 2.39. The number of nitrogens with one attached hydrogen (secondary N) is 1. The minimum absolute atomic E-state index is 0.388. The highest BCUT2D eigenvalue weighted by Crippen LogP contribution is 2.26. The molecule has 0 bridgehead atoms. The van der Waals surface area contributed by atoms with E-state index in [0.29, 0.717) is 32.9 Å². The number of halogens is 3. The summed E-state index contributed by atoms with van der Waals surface area (Å²) in [5.41, 5.74) is 7.11. The molecule has 2 aromatic carbocycles. The Morgan fingerprint density at radius 2 is 1.80 bits per heavy atom. The predicted octanol–water partition coefficient (Wildman–Crippen LogP) is 4.36. The van der Waals surface area contributed by atoms with Crippen LogP contribution in [0.5, 0.6) is 0 Å². The monoisotopic (exact) mass is 328 g/mol. The lowest BCUT2D eigenvalue weighted by molar-refractivity contribution is 0.100. The second kappa shape index (κ2) is 6.35. The number of rotatable bonds is 4. The molecule has 0 heterocycles. The summed E-state index contributed by atoms with van der Waals surface area (Å²) in [6, 6.07) is 10.0. The van der Waals surface area contributed by atoms with Crippen molar-refractivity contribution in [1.29, 1.82) is 0 Å². The molecule has 0 unspecified atom stereocenters. The Labute approximate surface area is 131 Å². The van der Waals surface area contributed by atoms with Gasteiger partial charge in [-0.1, -0.05) is 40.9 Å². The highest BCUT2D eigenvalue weighted by atomic mass is 35.5. The van der Waals surface area contributed by atoms with Crippen LogP contribution in [0.1, 0.15) is 15.9 Å². The number of hydrogen-bond donors (Lipinski definition) is 2. The fraction of sp³-hybridized carbons (Fsp3) is 0.0714. The zero-order valence-electron chi connectivity index (χ0n) is 10.3. The second-order valence-electron chi connectivity index (χ2n) is 4.15. The summed E-state index contributed by atoms with van der Waals surface area (Å²) in [6.07, 6.45) is 0. The molecule has 2 rings (SSSR count). The summed E-state index contributed by atoms with van der Waals surface area (Å²) in [7, 11) is 0. The van der Waals surface area contributed by atoms with E-state index in [1.807, 2.05) is 6.07 Å². The summed E-state index contributed by atoms with van der Waals surface area (Å²) in [5.74, 6) is -0.505. The molecule has 20 heavy (non-hydrogen) atoms. The van der Waals surface area contributed by atoms with Gasteiger partial charge in [-0.05, 0) is 35.9 Å². The Bertz CT molecular complexity index is 659. The summed E-state index contributed by atoms with van der Waals surface area (Å²) in [5, 5.41) is 4.76. The van der Waals surface area contributed by atoms with Gasteiger partial charge in [-0.3, -0.25) is 4.79 Å². The quantitative estimate of drug-likeness (QED) is 0.875. The molecule has 0 saturated carbocycles. The van der Waals surface area contributed by atoms with E-state index in [1.54, 1.807) is 30.3 Å². The van der Waals surface area contributed by atoms with E-state index in [-0.39, 0.29) is 0 Å². The Hall–Kier alpha value is -1.42. The van der Waals surface area contributed by atoms with Crippen molar-refractivity contribution >= 4 is 46.4 Å². The van der Waals surface area contributed by atoms with Crippen molar-refractivity contribution in [2.45, 2.75) is 6.54 Å². The Balaban J connectivity index is 2.18. The molecule has 0 aliphatic heterocycles. The predicted molar refractivity (Wildman–Crippen MR) is 83.8 cm³/mol. The summed E-state index contributed by atoms with van der Waals surface area (Å²) >= 11 is 18.0. The number of hydrogen-bond acceptors (Lipinski definition) is 2. The number of anilines is 1. The van der Waals surface area contributed by atoms with Crippen LogP contribution in [0.3, 0.4) is 0 Å². The first kappa shape index (κ1) is 15.0. The molecule has 0 spiro atoms. The van der Waals surface area contributed by atoms with Gasteiger partial charge in [0.05, 0.1) is 10.7 Å². The number of amides is 1. The maximum Gasteiger partial charge on any atom is 0.248 e. The Morgan fingerprint density at radius 1 is 1.05 bits per heavy atom. The van der Waals surface area contributed by atoms with Crippen molar-refractivity contribution in [1.82, 2.24) is 0 Å². The third kappa shape index (κ3) is 3.57. The van der Waals surface area contributed by atoms with Gasteiger partial charge in [-0.25, -0.2) is 0 Å². The lowest BCUT2D eigenvalue weighted by Gasteiger charge is -2.11. The number of nitrogens with two attached hydrogens (primary N) is 1. The first-order valence-corrected chi connectivity index (χ1v) is 6.88. The van der Waals surface area contributed by atoms with Crippen LogP contribution in [0, 0.1) is 0 Å². The Morgan fingerprint density at radius 3 is 2.45 bits per heavy atom. The Kier molecular flexibility index (Phi) is 4.76. The molecule has 0 atom stereocenters. The minimum atomic E-state index is -0.505. The van der Waals surface area contributed by atoms with Crippen molar-refractivity contribution in [2.75, 3.05) is 5.32 Å². The average molecular weight is 330 g/mol. The largest absolute Gasteiger partial charge is 0.380 e. The van der Waals surface area contributed by atoms with E-state index in [1.165, 1.54) is 0 Å². The highest BCUT2D eigenvalue weighted by Gasteiger charge is 2.07. The van der Waals surface area contributed by atoms with E-state index >= 15 is 0 Å². The van der Waals surface area contributed by atoms with Gasteiger partial charge in [-0.15, -0.1) is 0 Å². The zero-order chi connectivity index (χ0) is 14.7. The third-order valence-electron chi connectivity index (χ3n) is 2.74. The maximum atomic E-state index is 11.1. The van der Waals surface area contributed by atoms with Crippen LogP contribution in [-0.2, 0) is 6.54 Å². The van der Waals surface area contributed by atoms with Crippen molar-refractivity contribution in [3.63, 3.8) is 0 Å². The molecule has 0 aliphatic carbocycles. The van der Waals surface area contributed by atoms with Crippen LogP contribution in [0.2, 0.25) is 15.1 Å². The topological polar surface area (TPSA) is 55.1 Å². The molecule has 0 fully saturated rings. The molecule has 3 nitrogen and oxygen atoms in total. The van der Waals surface area contributed by atoms with Crippen LogP contribution < -0.4 is 11.1 Å². The smallest absolute Gasteiger partial charge is 0.248 e. The highest BCUT2D eigenvalue weighted by molar-refractivity contribution is 6.35. The number of carbonyl (C=O) groups excluding carboxylic acids is 1. The first-order chi connectivity index (χ1) is 9.47. The van der Waals surface area contributed by atoms with Crippen molar-refractivity contribution in [2.24, 2.45) is 5.73 Å². The van der Waals surface area contributed by atoms with E-state index in [0.717, 1.165) is 5.56 Å². The first-order valence-electron chi connectivity index (χ1n) is 5.74. The maximum absolute atomic E-state index is 11.1. The van der Waals surface area contributed by atoms with Gasteiger partial charge in [-0.2, -0.15) is 0 Å². The third-order valence-corrected chi connectivity index (χ3v) is 3.65. The van der Waals surface area contributed by atoms with Crippen LogP contribution in [-0.4, -0.2) is 5.91 Å². The number of primary amides is 1. The van der Waals surface area contributed by atoms with Gasteiger partial charge in [0, 0.05) is 22.2 Å². The second-order valence-corrected chi connectivity index (χ2v) is 5.40. The van der Waals surface area contributed by atoms with Gasteiger partial charge in [0.2, 0.25) is 5.91 Å². The van der Waals surface area contributed by atoms with Gasteiger partial charge in [0.1, 0.15) is 0 Å². The molecule has 0 aliphatic rings. The molecule has 1 amide bonds. The van der Waals surface area contributed by atoms with Crippen molar-refractivity contribution in [3.05, 3.63) is 62.6 Å². The summed E-state index contributed by atoms with van der Waals surface area (Å²) in [6.45, 7) is 0.456. The van der Waals surface area contributed by atoms with E-state index in [4.69, 9.17) is 40.5 Å². The molecule has 0 radical (unpaired) electrons. The number of carbonyl (C=O) groups is 1. The molecule has 104 valence electrons. The lowest BCUT2D eigenvalue weighted by atomic mass is 10.1. The van der Waals surface area contributed by atoms with E-state index in [2.05, 4.69) is 5.32 Å². The van der Waals surface area contributed by atoms with Crippen LogP contribution in [0.4, 0.5) is 5.69 Å². The SMILES string of the molecule is NC(=O)c1ccc(Cl)c(NCc2ccc(Cl)cc2Cl)c1. The van der Waals surface area contributed by atoms with Crippen LogP contribution in [0.15, 0.2) is 36.4 Å². The zero-order valence-corrected chi connectivity index (χ0v) is 12.6. The van der Waals surface area contributed by atoms with E-state index < -0.39 is 5.91 Å². The van der Waals surface area contributed by atoms with E-state index in [9.17, 15) is 4.79 Å². The van der Waals surface area contributed by atoms with Crippen LogP contribution in [0.25, 0.3) is 0 Å². The summed E-state index contributed by atoms with van der Waals surface area (Å²) in [4.78, 5) is 11.1. The standard InChI is InChI=1S/C14H11Cl3N2O/c15-10-3-1-9(12(17)6-10)7-19-13-5-8(14(18)20)2-4-11(13)16/h1-6,19H,7H2,(H2,18,20). The van der Waals surface area contributed by atoms with Crippen molar-refractivity contribution < 1.29 is 4.79 Å². The minimum Gasteiger partial charge on any atom is -0.380 e. The normalized spacial score (nSPS) is 10.3. The van der Waals surface area contributed by atoms with Gasteiger partial charge >= 0.3 is 0 Å². The van der Waals surface area contributed by atoms with Gasteiger partial charge < -0.3 is 11.1 Å². The molecule has 3 N–H and O–H groups in total. The summed E-state index contributed by atoms with van der Waals surface area (Å²) < 4.78 is 0.